The van der Waals surface area contributed by atoms with Crippen LogP contribution in [0.5, 0.6) is 0 Å². The molecule has 0 amide bonds. The Bertz CT molecular complexity index is 674. The molecule has 0 spiro atoms. The fourth-order valence-corrected chi connectivity index (χ4v) is 3.97. The van der Waals surface area contributed by atoms with E-state index < -0.39 is 11.7 Å². The zero-order chi connectivity index (χ0) is 16.1. The summed E-state index contributed by atoms with van der Waals surface area (Å²) in [6.45, 7) is 7.06. The van der Waals surface area contributed by atoms with E-state index in [1.165, 1.54) is 13.0 Å². The summed E-state index contributed by atoms with van der Waals surface area (Å²) in [5, 5.41) is 0.910. The van der Waals surface area contributed by atoms with E-state index in [9.17, 15) is 13.2 Å². The SMILES string of the molecule is Cc1ccc(C2=C(C(C)C)SC3=NCCN32)cc1C(F)(F)F. The molecule has 2 aliphatic rings. The number of fused-ring (bicyclic) bond motifs is 1. The molecular formula is C16H17F3N2S. The van der Waals surface area contributed by atoms with Gasteiger partial charge in [0.1, 0.15) is 0 Å². The summed E-state index contributed by atoms with van der Waals surface area (Å²) in [4.78, 5) is 7.58. The third-order valence-corrected chi connectivity index (χ3v) is 5.26. The Morgan fingerprint density at radius 2 is 2.00 bits per heavy atom. The van der Waals surface area contributed by atoms with E-state index in [0.717, 1.165) is 22.3 Å². The number of aliphatic imine (C=N–C) groups is 1. The van der Waals surface area contributed by atoms with Crippen molar-refractivity contribution in [3.05, 3.63) is 39.8 Å². The van der Waals surface area contributed by atoms with Gasteiger partial charge in [-0.3, -0.25) is 4.99 Å². The summed E-state index contributed by atoms with van der Waals surface area (Å²) in [5.41, 5.74) is 1.21. The lowest BCUT2D eigenvalue weighted by molar-refractivity contribution is -0.138. The Kier molecular flexibility index (Phi) is 3.75. The summed E-state index contributed by atoms with van der Waals surface area (Å²) in [6.07, 6.45) is -4.33. The lowest BCUT2D eigenvalue weighted by Gasteiger charge is -2.20. The average molecular weight is 326 g/mol. The maximum absolute atomic E-state index is 13.2. The second kappa shape index (κ2) is 5.33. The van der Waals surface area contributed by atoms with Crippen LogP contribution >= 0.6 is 11.8 Å². The molecule has 6 heteroatoms. The molecule has 0 unspecified atom stereocenters. The lowest BCUT2D eigenvalue weighted by Crippen LogP contribution is -2.20. The first-order valence-corrected chi connectivity index (χ1v) is 8.03. The smallest absolute Gasteiger partial charge is 0.318 e. The average Bonchev–Trinajstić information content (AvgIpc) is 2.98. The third kappa shape index (κ3) is 2.53. The van der Waals surface area contributed by atoms with Gasteiger partial charge in [-0.2, -0.15) is 13.2 Å². The van der Waals surface area contributed by atoms with Crippen molar-refractivity contribution in [1.82, 2.24) is 4.90 Å². The lowest BCUT2D eigenvalue weighted by atomic mass is 10.00. The zero-order valence-corrected chi connectivity index (χ0v) is 13.5. The monoisotopic (exact) mass is 326 g/mol. The first-order chi connectivity index (χ1) is 10.3. The highest BCUT2D eigenvalue weighted by molar-refractivity contribution is 8.17. The number of thioether (sulfide) groups is 1. The van der Waals surface area contributed by atoms with Gasteiger partial charge in [0.05, 0.1) is 17.8 Å². The van der Waals surface area contributed by atoms with Crippen molar-refractivity contribution in [3.8, 4) is 0 Å². The molecule has 118 valence electrons. The molecule has 1 aromatic rings. The van der Waals surface area contributed by atoms with Crippen LogP contribution in [0.3, 0.4) is 0 Å². The summed E-state index contributed by atoms with van der Waals surface area (Å²) in [7, 11) is 0. The summed E-state index contributed by atoms with van der Waals surface area (Å²) in [6, 6.07) is 4.61. The minimum Gasteiger partial charge on any atom is -0.318 e. The number of rotatable bonds is 2. The number of aryl methyl sites for hydroxylation is 1. The fourth-order valence-electron chi connectivity index (χ4n) is 2.77. The van der Waals surface area contributed by atoms with E-state index in [1.807, 2.05) is 4.90 Å². The molecule has 0 aromatic heterocycles. The topological polar surface area (TPSA) is 15.6 Å². The van der Waals surface area contributed by atoms with Crippen molar-refractivity contribution in [3.63, 3.8) is 0 Å². The molecule has 1 aromatic carbocycles. The Balaban J connectivity index is 2.13. The molecule has 0 radical (unpaired) electrons. The molecule has 2 heterocycles. The number of halogens is 3. The Morgan fingerprint density at radius 1 is 1.27 bits per heavy atom. The predicted octanol–water partition coefficient (Wildman–Crippen LogP) is 4.76. The van der Waals surface area contributed by atoms with Gasteiger partial charge in [0, 0.05) is 11.4 Å². The minimum atomic E-state index is -4.33. The summed E-state index contributed by atoms with van der Waals surface area (Å²) >= 11 is 1.58. The van der Waals surface area contributed by atoms with E-state index >= 15 is 0 Å². The Hall–Kier alpha value is -1.43. The predicted molar refractivity (Wildman–Crippen MR) is 84.5 cm³/mol. The molecule has 0 N–H and O–H groups in total. The molecule has 2 aliphatic heterocycles. The molecule has 0 atom stereocenters. The number of hydrogen-bond donors (Lipinski definition) is 0. The van der Waals surface area contributed by atoms with Crippen molar-refractivity contribution in [2.45, 2.75) is 26.9 Å². The second-order valence-corrected chi connectivity index (χ2v) is 6.82. The largest absolute Gasteiger partial charge is 0.416 e. The number of hydrogen-bond acceptors (Lipinski definition) is 3. The Morgan fingerprint density at radius 3 is 2.64 bits per heavy atom. The number of allylic oxidation sites excluding steroid dienone is 1. The summed E-state index contributed by atoms with van der Waals surface area (Å²) < 4.78 is 39.5. The highest BCUT2D eigenvalue weighted by atomic mass is 32.2. The standard InChI is InChI=1S/C16H17F3N2S/c1-9(2)14-13(21-7-6-20-15(21)22-14)11-5-4-10(3)12(8-11)16(17,18)19/h4-5,8-9H,6-7H2,1-3H3. The maximum Gasteiger partial charge on any atom is 0.416 e. The zero-order valence-electron chi connectivity index (χ0n) is 12.7. The van der Waals surface area contributed by atoms with Crippen LogP contribution in [-0.2, 0) is 6.18 Å². The molecule has 0 aliphatic carbocycles. The van der Waals surface area contributed by atoms with Crippen LogP contribution in [0.1, 0.15) is 30.5 Å². The highest BCUT2D eigenvalue weighted by Crippen LogP contribution is 2.45. The van der Waals surface area contributed by atoms with Gasteiger partial charge in [-0.15, -0.1) is 0 Å². The maximum atomic E-state index is 13.2. The fraction of sp³-hybridized carbons (Fsp3) is 0.438. The number of nitrogens with zero attached hydrogens (tertiary/aromatic N) is 2. The molecule has 0 saturated heterocycles. The molecule has 0 saturated carbocycles. The van der Waals surface area contributed by atoms with Gasteiger partial charge in [-0.25, -0.2) is 0 Å². The van der Waals surface area contributed by atoms with Crippen LogP contribution in [0.15, 0.2) is 28.1 Å². The number of benzene rings is 1. The first-order valence-electron chi connectivity index (χ1n) is 7.21. The van der Waals surface area contributed by atoms with Gasteiger partial charge in [-0.1, -0.05) is 37.7 Å². The van der Waals surface area contributed by atoms with Crippen molar-refractivity contribution >= 4 is 22.6 Å². The van der Waals surface area contributed by atoms with E-state index in [0.29, 0.717) is 12.1 Å². The van der Waals surface area contributed by atoms with Crippen molar-refractivity contribution in [1.29, 1.82) is 0 Å². The molecule has 0 bridgehead atoms. The van der Waals surface area contributed by atoms with Crippen molar-refractivity contribution < 1.29 is 13.2 Å². The molecular weight excluding hydrogens is 309 g/mol. The van der Waals surface area contributed by atoms with Crippen molar-refractivity contribution in [2.24, 2.45) is 10.9 Å². The number of amidine groups is 1. The quantitative estimate of drug-likeness (QED) is 0.779. The van der Waals surface area contributed by atoms with E-state index in [4.69, 9.17) is 0 Å². The van der Waals surface area contributed by atoms with E-state index in [2.05, 4.69) is 18.8 Å². The van der Waals surface area contributed by atoms with E-state index in [-0.39, 0.29) is 11.5 Å². The van der Waals surface area contributed by atoms with Crippen LogP contribution in [0.25, 0.3) is 5.70 Å². The van der Waals surface area contributed by atoms with Gasteiger partial charge >= 0.3 is 6.18 Å². The van der Waals surface area contributed by atoms with Gasteiger partial charge in [0.25, 0.3) is 0 Å². The molecule has 2 nitrogen and oxygen atoms in total. The van der Waals surface area contributed by atoms with Gasteiger partial charge in [0.2, 0.25) is 0 Å². The normalized spacial score (nSPS) is 18.3. The number of alkyl halides is 3. The van der Waals surface area contributed by atoms with Crippen LogP contribution < -0.4 is 0 Å². The highest BCUT2D eigenvalue weighted by Gasteiger charge is 2.36. The third-order valence-electron chi connectivity index (χ3n) is 3.85. The van der Waals surface area contributed by atoms with Crippen LogP contribution in [-0.4, -0.2) is 23.2 Å². The van der Waals surface area contributed by atoms with Crippen LogP contribution in [0.2, 0.25) is 0 Å². The molecule has 0 fully saturated rings. The van der Waals surface area contributed by atoms with Gasteiger partial charge in [0.15, 0.2) is 5.17 Å². The Labute approximate surface area is 132 Å². The molecule has 22 heavy (non-hydrogen) atoms. The molecule has 3 rings (SSSR count). The van der Waals surface area contributed by atoms with Gasteiger partial charge < -0.3 is 4.90 Å². The summed E-state index contributed by atoms with van der Waals surface area (Å²) in [5.74, 6) is 0.254. The van der Waals surface area contributed by atoms with Gasteiger partial charge in [-0.05, 0) is 30.0 Å². The minimum absolute atomic E-state index is 0.254. The first kappa shape index (κ1) is 15.5. The van der Waals surface area contributed by atoms with Crippen molar-refractivity contribution in [2.75, 3.05) is 13.1 Å². The van der Waals surface area contributed by atoms with Crippen LogP contribution in [0, 0.1) is 12.8 Å². The van der Waals surface area contributed by atoms with Crippen LogP contribution in [0.4, 0.5) is 13.2 Å². The van der Waals surface area contributed by atoms with E-state index in [1.54, 1.807) is 23.9 Å². The second-order valence-electron chi connectivity index (χ2n) is 5.81.